The van der Waals surface area contributed by atoms with Crippen LogP contribution in [0.5, 0.6) is 0 Å². The summed E-state index contributed by atoms with van der Waals surface area (Å²) in [5.74, 6) is 0.791. The summed E-state index contributed by atoms with van der Waals surface area (Å²) < 4.78 is 0. The molecule has 3 heteroatoms. The van der Waals surface area contributed by atoms with E-state index in [1.807, 2.05) is 6.20 Å². The molecule has 2 atom stereocenters. The van der Waals surface area contributed by atoms with Crippen LogP contribution >= 0.6 is 0 Å². The van der Waals surface area contributed by atoms with Crippen molar-refractivity contribution < 1.29 is 0 Å². The summed E-state index contributed by atoms with van der Waals surface area (Å²) in [4.78, 5) is 6.93. The molecule has 1 heterocycles. The number of nitrogens with one attached hydrogen (secondary N) is 1. The van der Waals surface area contributed by atoms with Crippen molar-refractivity contribution in [2.75, 3.05) is 11.9 Å². The van der Waals surface area contributed by atoms with E-state index in [-0.39, 0.29) is 0 Å². The molecular weight excluding hydrogens is 246 g/mol. The van der Waals surface area contributed by atoms with Crippen LogP contribution in [-0.4, -0.2) is 24.1 Å². The number of nitrogens with zero attached hydrogens (tertiary/aromatic N) is 2. The molecule has 0 bridgehead atoms. The van der Waals surface area contributed by atoms with Gasteiger partial charge in [-0.25, -0.2) is 0 Å². The molecule has 0 spiro atoms. The molecule has 1 aromatic rings. The van der Waals surface area contributed by atoms with Crippen LogP contribution in [-0.2, 0) is 6.54 Å². The van der Waals surface area contributed by atoms with Crippen LogP contribution in [0.25, 0.3) is 0 Å². The zero-order valence-electron chi connectivity index (χ0n) is 13.4. The number of aromatic nitrogens is 1. The highest BCUT2D eigenvalue weighted by molar-refractivity contribution is 5.47. The van der Waals surface area contributed by atoms with E-state index in [9.17, 15) is 0 Å². The van der Waals surface area contributed by atoms with Crippen molar-refractivity contribution in [1.82, 2.24) is 10.3 Å². The highest BCUT2D eigenvalue weighted by atomic mass is 15.1. The number of pyridine rings is 1. The third kappa shape index (κ3) is 3.95. The SMILES string of the molecule is CC(C)NCc1cc(N(C)C2CCCCC2C)ccn1. The summed E-state index contributed by atoms with van der Waals surface area (Å²) in [6.07, 6.45) is 7.38. The molecule has 1 fully saturated rings. The average molecular weight is 275 g/mol. The summed E-state index contributed by atoms with van der Waals surface area (Å²) in [5, 5.41) is 3.44. The van der Waals surface area contributed by atoms with E-state index in [1.54, 1.807) is 0 Å². The molecule has 2 rings (SSSR count). The molecule has 1 N–H and O–H groups in total. The number of hydrogen-bond acceptors (Lipinski definition) is 3. The Hall–Kier alpha value is -1.09. The molecule has 1 aliphatic rings. The standard InChI is InChI=1S/C17H29N3/c1-13(2)19-12-15-11-16(9-10-18-15)20(4)17-8-6-5-7-14(17)3/h9-11,13-14,17,19H,5-8,12H2,1-4H3. The van der Waals surface area contributed by atoms with E-state index in [1.165, 1.54) is 31.4 Å². The Morgan fingerprint density at radius 3 is 2.80 bits per heavy atom. The zero-order valence-corrected chi connectivity index (χ0v) is 13.4. The summed E-state index contributed by atoms with van der Waals surface area (Å²) in [7, 11) is 2.24. The summed E-state index contributed by atoms with van der Waals surface area (Å²) in [6.45, 7) is 7.57. The van der Waals surface area contributed by atoms with Gasteiger partial charge in [0.15, 0.2) is 0 Å². The Balaban J connectivity index is 2.05. The minimum atomic E-state index is 0.497. The first-order chi connectivity index (χ1) is 9.58. The third-order valence-electron chi connectivity index (χ3n) is 4.46. The second-order valence-corrected chi connectivity index (χ2v) is 6.48. The first-order valence-corrected chi connectivity index (χ1v) is 7.99. The predicted molar refractivity (Wildman–Crippen MR) is 86.0 cm³/mol. The number of anilines is 1. The Morgan fingerprint density at radius 2 is 2.10 bits per heavy atom. The fourth-order valence-electron chi connectivity index (χ4n) is 3.15. The number of hydrogen-bond donors (Lipinski definition) is 1. The van der Waals surface area contributed by atoms with Crippen LogP contribution in [0.2, 0.25) is 0 Å². The molecule has 0 aliphatic heterocycles. The van der Waals surface area contributed by atoms with Gasteiger partial charge >= 0.3 is 0 Å². The highest BCUT2D eigenvalue weighted by Gasteiger charge is 2.25. The van der Waals surface area contributed by atoms with Crippen LogP contribution in [0, 0.1) is 5.92 Å². The molecule has 2 unspecified atom stereocenters. The summed E-state index contributed by atoms with van der Waals surface area (Å²) >= 11 is 0. The minimum Gasteiger partial charge on any atom is -0.371 e. The Labute approximate surface area is 123 Å². The minimum absolute atomic E-state index is 0.497. The largest absolute Gasteiger partial charge is 0.371 e. The van der Waals surface area contributed by atoms with Gasteiger partial charge in [0.05, 0.1) is 5.69 Å². The molecule has 20 heavy (non-hydrogen) atoms. The van der Waals surface area contributed by atoms with E-state index in [4.69, 9.17) is 0 Å². The van der Waals surface area contributed by atoms with Gasteiger partial charge in [-0.15, -0.1) is 0 Å². The summed E-state index contributed by atoms with van der Waals surface area (Å²) in [6, 6.07) is 5.55. The van der Waals surface area contributed by atoms with Crippen molar-refractivity contribution in [3.05, 3.63) is 24.0 Å². The molecule has 1 aliphatic carbocycles. The maximum atomic E-state index is 4.47. The molecule has 0 aromatic carbocycles. The van der Waals surface area contributed by atoms with Crippen LogP contribution in [0.15, 0.2) is 18.3 Å². The van der Waals surface area contributed by atoms with Crippen LogP contribution in [0.3, 0.4) is 0 Å². The van der Waals surface area contributed by atoms with E-state index in [0.717, 1.165) is 18.2 Å². The quantitative estimate of drug-likeness (QED) is 0.890. The van der Waals surface area contributed by atoms with Gasteiger partial charge < -0.3 is 10.2 Å². The lowest BCUT2D eigenvalue weighted by atomic mass is 9.85. The lowest BCUT2D eigenvalue weighted by molar-refractivity contribution is 0.321. The molecule has 1 aromatic heterocycles. The summed E-state index contributed by atoms with van der Waals surface area (Å²) in [5.41, 5.74) is 2.44. The van der Waals surface area contributed by atoms with Gasteiger partial charge in [-0.05, 0) is 30.9 Å². The lowest BCUT2D eigenvalue weighted by Gasteiger charge is -2.37. The van der Waals surface area contributed by atoms with Crippen molar-refractivity contribution in [2.45, 2.75) is 65.1 Å². The van der Waals surface area contributed by atoms with Crippen LogP contribution in [0.4, 0.5) is 5.69 Å². The lowest BCUT2D eigenvalue weighted by Crippen LogP contribution is -2.39. The van der Waals surface area contributed by atoms with Gasteiger partial charge in [0.2, 0.25) is 0 Å². The smallest absolute Gasteiger partial charge is 0.0562 e. The molecule has 0 radical (unpaired) electrons. The van der Waals surface area contributed by atoms with Gasteiger partial charge in [-0.1, -0.05) is 33.6 Å². The van der Waals surface area contributed by atoms with Crippen LogP contribution < -0.4 is 10.2 Å². The number of rotatable bonds is 5. The Bertz CT molecular complexity index is 416. The molecule has 1 saturated carbocycles. The normalized spacial score (nSPS) is 23.1. The van der Waals surface area contributed by atoms with E-state index in [0.29, 0.717) is 12.1 Å². The molecule has 0 saturated heterocycles. The van der Waals surface area contributed by atoms with Gasteiger partial charge in [0.1, 0.15) is 0 Å². The second kappa shape index (κ2) is 7.07. The van der Waals surface area contributed by atoms with E-state index >= 15 is 0 Å². The first kappa shape index (κ1) is 15.3. The van der Waals surface area contributed by atoms with Crippen molar-refractivity contribution in [3.8, 4) is 0 Å². The fourth-order valence-corrected chi connectivity index (χ4v) is 3.15. The molecule has 0 amide bonds. The average Bonchev–Trinajstić information content (AvgIpc) is 2.45. The van der Waals surface area contributed by atoms with Crippen LogP contribution in [0.1, 0.15) is 52.1 Å². The van der Waals surface area contributed by atoms with Gasteiger partial charge in [0.25, 0.3) is 0 Å². The molecular formula is C17H29N3. The monoisotopic (exact) mass is 275 g/mol. The maximum absolute atomic E-state index is 4.47. The van der Waals surface area contributed by atoms with Crippen molar-refractivity contribution in [1.29, 1.82) is 0 Å². The first-order valence-electron chi connectivity index (χ1n) is 7.99. The predicted octanol–water partition coefficient (Wildman–Crippen LogP) is 3.59. The fraction of sp³-hybridized carbons (Fsp3) is 0.706. The zero-order chi connectivity index (χ0) is 14.5. The third-order valence-corrected chi connectivity index (χ3v) is 4.46. The topological polar surface area (TPSA) is 28.2 Å². The van der Waals surface area contributed by atoms with E-state index < -0.39 is 0 Å². The van der Waals surface area contributed by atoms with Crippen molar-refractivity contribution in [2.24, 2.45) is 5.92 Å². The molecule has 3 nitrogen and oxygen atoms in total. The highest BCUT2D eigenvalue weighted by Crippen LogP contribution is 2.30. The molecule has 112 valence electrons. The van der Waals surface area contributed by atoms with Gasteiger partial charge in [-0.3, -0.25) is 4.98 Å². The Morgan fingerprint density at radius 1 is 1.35 bits per heavy atom. The van der Waals surface area contributed by atoms with Crippen molar-refractivity contribution in [3.63, 3.8) is 0 Å². The van der Waals surface area contributed by atoms with Crippen molar-refractivity contribution >= 4 is 5.69 Å². The van der Waals surface area contributed by atoms with E-state index in [2.05, 4.69) is 55.2 Å². The second-order valence-electron chi connectivity index (χ2n) is 6.48. The van der Waals surface area contributed by atoms with Gasteiger partial charge in [0, 0.05) is 37.6 Å². The maximum Gasteiger partial charge on any atom is 0.0562 e. The Kier molecular flexibility index (Phi) is 5.41. The van der Waals surface area contributed by atoms with Gasteiger partial charge in [-0.2, -0.15) is 0 Å².